The van der Waals surface area contributed by atoms with Crippen LogP contribution >= 0.6 is 0 Å². The van der Waals surface area contributed by atoms with Gasteiger partial charge in [0.05, 0.1) is 26.5 Å². The number of rotatable bonds is 10. The van der Waals surface area contributed by atoms with E-state index >= 15 is 0 Å². The van der Waals surface area contributed by atoms with Gasteiger partial charge in [0.1, 0.15) is 11.8 Å². The van der Waals surface area contributed by atoms with Crippen LogP contribution in [0.5, 0.6) is 5.75 Å². The molecule has 1 amide bonds. The molecule has 1 atom stereocenters. The van der Waals surface area contributed by atoms with Gasteiger partial charge in [-0.05, 0) is 48.2 Å². The lowest BCUT2D eigenvalue weighted by atomic mass is 10.0. The predicted molar refractivity (Wildman–Crippen MR) is 130 cm³/mol. The number of nitrogens with one attached hydrogen (secondary N) is 1. The van der Waals surface area contributed by atoms with Gasteiger partial charge < -0.3 is 14.8 Å². The third-order valence-electron chi connectivity index (χ3n) is 5.19. The van der Waals surface area contributed by atoms with Gasteiger partial charge >= 0.3 is 5.97 Å². The van der Waals surface area contributed by atoms with E-state index in [0.717, 1.165) is 22.6 Å². The van der Waals surface area contributed by atoms with Crippen LogP contribution in [0.2, 0.25) is 0 Å². The maximum absolute atomic E-state index is 13.0. The van der Waals surface area contributed by atoms with Gasteiger partial charge in [-0.3, -0.25) is 14.5 Å². The number of ether oxygens (including phenoxy) is 2. The van der Waals surface area contributed by atoms with E-state index < -0.39 is 17.9 Å². The number of esters is 1. The largest absolute Gasteiger partial charge is 0.497 e. The molecule has 0 radical (unpaired) electrons. The van der Waals surface area contributed by atoms with E-state index in [4.69, 9.17) is 9.47 Å². The highest BCUT2D eigenvalue weighted by atomic mass is 16.5. The Kier molecular flexibility index (Phi) is 8.56. The lowest BCUT2D eigenvalue weighted by molar-refractivity contribution is -0.143. The van der Waals surface area contributed by atoms with E-state index in [1.165, 1.54) is 7.11 Å². The SMILES string of the molecule is COC(=O)[C@H](CC(C)C)NC(=O)c1cc(-c2ccncc2)n(C/C=C/c2ccc(OC)cc2)n1. The second kappa shape index (κ2) is 11.8. The van der Waals surface area contributed by atoms with Gasteiger partial charge in [-0.1, -0.05) is 38.1 Å². The molecule has 0 unspecified atom stereocenters. The number of benzene rings is 1. The maximum atomic E-state index is 13.0. The Morgan fingerprint density at radius 1 is 1.09 bits per heavy atom. The molecular formula is C26H30N4O4. The summed E-state index contributed by atoms with van der Waals surface area (Å²) >= 11 is 0. The van der Waals surface area contributed by atoms with Crippen LogP contribution in [0.25, 0.3) is 17.3 Å². The average molecular weight is 463 g/mol. The van der Waals surface area contributed by atoms with Crippen molar-refractivity contribution in [2.45, 2.75) is 32.9 Å². The molecule has 1 aromatic carbocycles. The van der Waals surface area contributed by atoms with Gasteiger partial charge in [0.15, 0.2) is 5.69 Å². The molecule has 3 rings (SSSR count). The third-order valence-corrected chi connectivity index (χ3v) is 5.19. The molecule has 0 aliphatic rings. The predicted octanol–water partition coefficient (Wildman–Crippen LogP) is 3.98. The quantitative estimate of drug-likeness (QED) is 0.458. The fraction of sp³-hybridized carbons (Fsp3) is 0.308. The van der Waals surface area contributed by atoms with Crippen molar-refractivity contribution in [3.05, 3.63) is 72.2 Å². The molecule has 0 fully saturated rings. The number of nitrogens with zero attached hydrogens (tertiary/aromatic N) is 3. The Hall–Kier alpha value is -3.94. The number of pyridine rings is 1. The second-order valence-corrected chi connectivity index (χ2v) is 8.19. The first-order valence-electron chi connectivity index (χ1n) is 11.1. The fourth-order valence-corrected chi connectivity index (χ4v) is 3.49. The Morgan fingerprint density at radius 3 is 2.41 bits per heavy atom. The van der Waals surface area contributed by atoms with E-state index in [9.17, 15) is 9.59 Å². The summed E-state index contributed by atoms with van der Waals surface area (Å²) in [7, 11) is 2.94. The number of allylic oxidation sites excluding steroid dienone is 1. The highest BCUT2D eigenvalue weighted by Gasteiger charge is 2.25. The van der Waals surface area contributed by atoms with Crippen molar-refractivity contribution in [2.24, 2.45) is 5.92 Å². The third kappa shape index (κ3) is 6.54. The van der Waals surface area contributed by atoms with Gasteiger partial charge in [0.2, 0.25) is 0 Å². The molecule has 34 heavy (non-hydrogen) atoms. The van der Waals surface area contributed by atoms with Crippen molar-refractivity contribution < 1.29 is 19.1 Å². The summed E-state index contributed by atoms with van der Waals surface area (Å²) in [6.07, 6.45) is 7.80. The number of aromatic nitrogens is 3. The Bertz CT molecular complexity index is 1120. The van der Waals surface area contributed by atoms with Crippen molar-refractivity contribution in [3.8, 4) is 17.0 Å². The van der Waals surface area contributed by atoms with Gasteiger partial charge in [-0.15, -0.1) is 0 Å². The van der Waals surface area contributed by atoms with Gasteiger partial charge in [0, 0.05) is 18.0 Å². The summed E-state index contributed by atoms with van der Waals surface area (Å²) in [5, 5.41) is 7.29. The van der Waals surface area contributed by atoms with Crippen LogP contribution in [0.4, 0.5) is 0 Å². The summed E-state index contributed by atoms with van der Waals surface area (Å²) in [4.78, 5) is 29.2. The van der Waals surface area contributed by atoms with Crippen LogP contribution in [0.1, 0.15) is 36.3 Å². The van der Waals surface area contributed by atoms with E-state index in [1.54, 1.807) is 30.3 Å². The van der Waals surface area contributed by atoms with Crippen LogP contribution in [0.3, 0.4) is 0 Å². The van der Waals surface area contributed by atoms with Gasteiger partial charge in [-0.25, -0.2) is 4.79 Å². The first kappa shape index (κ1) is 24.7. The number of hydrogen-bond donors (Lipinski definition) is 1. The van der Waals surface area contributed by atoms with E-state index in [1.807, 2.05) is 62.4 Å². The summed E-state index contributed by atoms with van der Waals surface area (Å²) in [5.41, 5.74) is 2.89. The summed E-state index contributed by atoms with van der Waals surface area (Å²) < 4.78 is 11.8. The topological polar surface area (TPSA) is 95.3 Å². The zero-order valence-corrected chi connectivity index (χ0v) is 19.9. The van der Waals surface area contributed by atoms with Crippen LogP contribution in [-0.4, -0.2) is 46.9 Å². The molecule has 2 aromatic heterocycles. The fourth-order valence-electron chi connectivity index (χ4n) is 3.49. The van der Waals surface area contributed by atoms with Crippen LogP contribution < -0.4 is 10.1 Å². The highest BCUT2D eigenvalue weighted by molar-refractivity contribution is 5.96. The monoisotopic (exact) mass is 462 g/mol. The van der Waals surface area contributed by atoms with E-state index in [-0.39, 0.29) is 11.6 Å². The molecule has 8 nitrogen and oxygen atoms in total. The number of carbonyl (C=O) groups is 2. The van der Waals surface area contributed by atoms with Crippen LogP contribution in [-0.2, 0) is 16.1 Å². The van der Waals surface area contributed by atoms with Crippen molar-refractivity contribution in [1.82, 2.24) is 20.1 Å². The maximum Gasteiger partial charge on any atom is 0.328 e. The van der Waals surface area contributed by atoms with Gasteiger partial charge in [0.25, 0.3) is 5.91 Å². The normalized spacial score (nSPS) is 12.0. The van der Waals surface area contributed by atoms with Crippen LogP contribution in [0.15, 0.2) is 60.9 Å². The molecular weight excluding hydrogens is 432 g/mol. The molecule has 1 N–H and O–H groups in total. The zero-order chi connectivity index (χ0) is 24.5. The minimum absolute atomic E-state index is 0.206. The van der Waals surface area contributed by atoms with Crippen LogP contribution in [0, 0.1) is 5.92 Å². The molecule has 0 saturated carbocycles. The van der Waals surface area contributed by atoms with Crippen molar-refractivity contribution >= 4 is 18.0 Å². The average Bonchev–Trinajstić information content (AvgIpc) is 3.28. The van der Waals surface area contributed by atoms with Gasteiger partial charge in [-0.2, -0.15) is 5.10 Å². The Balaban J connectivity index is 1.84. The Morgan fingerprint density at radius 2 is 1.79 bits per heavy atom. The minimum atomic E-state index is -0.734. The molecule has 2 heterocycles. The first-order valence-corrected chi connectivity index (χ1v) is 11.1. The number of amides is 1. The highest BCUT2D eigenvalue weighted by Crippen LogP contribution is 2.21. The van der Waals surface area contributed by atoms with E-state index in [2.05, 4.69) is 15.4 Å². The number of carbonyl (C=O) groups excluding carboxylic acids is 2. The zero-order valence-electron chi connectivity index (χ0n) is 19.9. The molecule has 0 saturated heterocycles. The van der Waals surface area contributed by atoms with Crippen molar-refractivity contribution in [3.63, 3.8) is 0 Å². The second-order valence-electron chi connectivity index (χ2n) is 8.19. The van der Waals surface area contributed by atoms with E-state index in [0.29, 0.717) is 13.0 Å². The number of methoxy groups -OCH3 is 2. The smallest absolute Gasteiger partial charge is 0.328 e. The molecule has 0 aliphatic heterocycles. The molecule has 3 aromatic rings. The molecule has 8 heteroatoms. The molecule has 178 valence electrons. The number of hydrogen-bond acceptors (Lipinski definition) is 6. The summed E-state index contributed by atoms with van der Waals surface area (Å²) in [6.45, 7) is 4.41. The standard InChI is InChI=1S/C26H30N4O4/c1-18(2)16-23(26(32)34-4)28-25(31)22-17-24(20-11-13-27-14-12-20)30(29-22)15-5-6-19-7-9-21(33-3)10-8-19/h5-14,17-18,23H,15-16H2,1-4H3,(H,28,31)/b6-5+/t23-/m0/s1. The van der Waals surface area contributed by atoms with Crippen molar-refractivity contribution in [1.29, 1.82) is 0 Å². The van der Waals surface area contributed by atoms with Crippen molar-refractivity contribution in [2.75, 3.05) is 14.2 Å². The lowest BCUT2D eigenvalue weighted by Gasteiger charge is -2.17. The summed E-state index contributed by atoms with van der Waals surface area (Å²) in [6, 6.07) is 12.4. The minimum Gasteiger partial charge on any atom is -0.497 e. The molecule has 0 aliphatic carbocycles. The first-order chi connectivity index (χ1) is 16.4. The Labute approximate surface area is 199 Å². The summed E-state index contributed by atoms with van der Waals surface area (Å²) in [5.74, 6) is 0.0995. The lowest BCUT2D eigenvalue weighted by Crippen LogP contribution is -2.42. The molecule has 0 bridgehead atoms. The molecule has 0 spiro atoms.